The fourth-order valence-electron chi connectivity index (χ4n) is 4.83. The smallest absolute Gasteiger partial charge is 0.160 e. The van der Waals surface area contributed by atoms with Gasteiger partial charge in [-0.15, -0.1) is 0 Å². The molecule has 1 aliphatic heterocycles. The van der Waals surface area contributed by atoms with Crippen LogP contribution >= 0.6 is 0 Å². The van der Waals surface area contributed by atoms with Crippen LogP contribution in [-0.2, 0) is 7.05 Å². The number of imidazole rings is 1. The van der Waals surface area contributed by atoms with Crippen LogP contribution in [0.15, 0.2) is 55.1 Å². The molecule has 6 rings (SSSR count). The Morgan fingerprint density at radius 3 is 2.78 bits per heavy atom. The van der Waals surface area contributed by atoms with Crippen molar-refractivity contribution in [3.63, 3.8) is 0 Å². The summed E-state index contributed by atoms with van der Waals surface area (Å²) in [5.74, 6) is 1.38. The van der Waals surface area contributed by atoms with E-state index < -0.39 is 5.82 Å². The highest BCUT2D eigenvalue weighted by Crippen LogP contribution is 2.33. The summed E-state index contributed by atoms with van der Waals surface area (Å²) in [6.07, 6.45) is 5.40. The lowest BCUT2D eigenvalue weighted by molar-refractivity contribution is 0.381. The van der Waals surface area contributed by atoms with Gasteiger partial charge in [0.25, 0.3) is 0 Å². The van der Waals surface area contributed by atoms with E-state index in [4.69, 9.17) is 9.72 Å². The Balaban J connectivity index is 1.27. The maximum absolute atomic E-state index is 15.3. The number of pyridine rings is 1. The van der Waals surface area contributed by atoms with Gasteiger partial charge in [0.05, 0.1) is 28.6 Å². The summed E-state index contributed by atoms with van der Waals surface area (Å²) in [6.45, 7) is 4.97. The molecular weight excluding hydrogens is 469 g/mol. The monoisotopic (exact) mass is 497 g/mol. The van der Waals surface area contributed by atoms with Gasteiger partial charge >= 0.3 is 0 Å². The first kappa shape index (κ1) is 23.3. The topological polar surface area (TPSA) is 89.8 Å². The third-order valence-corrected chi connectivity index (χ3v) is 7.02. The Labute approximate surface area is 213 Å². The van der Waals surface area contributed by atoms with Crippen LogP contribution in [0.25, 0.3) is 22.1 Å². The summed E-state index contributed by atoms with van der Waals surface area (Å²) in [5, 5.41) is 6.66. The number of nitrogens with zero attached hydrogens (tertiary/aromatic N) is 5. The quantitative estimate of drug-likeness (QED) is 0.320. The summed E-state index contributed by atoms with van der Waals surface area (Å²) < 4.78 is 23.2. The van der Waals surface area contributed by atoms with Gasteiger partial charge in [-0.1, -0.05) is 0 Å². The number of aryl methyl sites for hydroxylation is 2. The van der Waals surface area contributed by atoms with Crippen molar-refractivity contribution in [3.05, 3.63) is 72.2 Å². The number of fused-ring (bicyclic) bond motifs is 2. The zero-order chi connectivity index (χ0) is 25.5. The van der Waals surface area contributed by atoms with Gasteiger partial charge in [-0.2, -0.15) is 0 Å². The van der Waals surface area contributed by atoms with Crippen LogP contribution in [0.3, 0.4) is 0 Å². The Hall–Kier alpha value is -4.11. The van der Waals surface area contributed by atoms with Crippen molar-refractivity contribution >= 4 is 33.6 Å². The largest absolute Gasteiger partial charge is 0.457 e. The number of nitrogens with one attached hydrogen (secondary N) is 2. The molecule has 9 heteroatoms. The molecule has 1 aliphatic rings. The Kier molecular flexibility index (Phi) is 5.92. The Bertz CT molecular complexity index is 1610. The molecule has 0 aliphatic carbocycles. The van der Waals surface area contributed by atoms with E-state index in [2.05, 4.69) is 32.5 Å². The lowest BCUT2D eigenvalue weighted by Gasteiger charge is -2.27. The SMILES string of the molecule is Cc1cc(Nc2ncnc3ccc([C@H]4CC[C@@H](C)NC4)nc23)c(F)cc1Oc1ccc2c(c1)ncn2C. The van der Waals surface area contributed by atoms with Gasteiger partial charge in [0, 0.05) is 43.4 Å². The second kappa shape index (κ2) is 9.40. The van der Waals surface area contributed by atoms with E-state index in [0.717, 1.165) is 41.7 Å². The molecule has 2 N–H and O–H groups in total. The molecule has 2 aromatic carbocycles. The lowest BCUT2D eigenvalue weighted by Crippen LogP contribution is -2.36. The number of halogens is 1. The highest BCUT2D eigenvalue weighted by Gasteiger charge is 2.21. The molecule has 3 aromatic heterocycles. The number of rotatable bonds is 5. The van der Waals surface area contributed by atoms with Crippen molar-refractivity contribution in [1.82, 2.24) is 29.8 Å². The van der Waals surface area contributed by atoms with E-state index in [-0.39, 0.29) is 0 Å². The first-order valence-electron chi connectivity index (χ1n) is 12.5. The summed E-state index contributed by atoms with van der Waals surface area (Å²) in [7, 11) is 1.94. The molecule has 0 spiro atoms. The third kappa shape index (κ3) is 4.58. The van der Waals surface area contributed by atoms with Crippen molar-refractivity contribution in [2.45, 2.75) is 38.6 Å². The van der Waals surface area contributed by atoms with E-state index in [1.165, 1.54) is 12.4 Å². The minimum Gasteiger partial charge on any atom is -0.457 e. The maximum atomic E-state index is 15.3. The minimum absolute atomic E-state index is 0.297. The minimum atomic E-state index is -0.451. The van der Waals surface area contributed by atoms with E-state index in [9.17, 15) is 0 Å². The lowest BCUT2D eigenvalue weighted by atomic mass is 9.92. The molecule has 0 saturated carbocycles. The fraction of sp³-hybridized carbons (Fsp3) is 0.286. The molecule has 4 heterocycles. The average molecular weight is 498 g/mol. The number of anilines is 2. The molecule has 2 atom stereocenters. The average Bonchev–Trinajstić information content (AvgIpc) is 3.27. The highest BCUT2D eigenvalue weighted by molar-refractivity contribution is 5.87. The Morgan fingerprint density at radius 1 is 1.05 bits per heavy atom. The van der Waals surface area contributed by atoms with E-state index in [1.54, 1.807) is 12.4 Å². The first-order chi connectivity index (χ1) is 17.9. The van der Waals surface area contributed by atoms with Crippen LogP contribution < -0.4 is 15.4 Å². The molecule has 1 saturated heterocycles. The van der Waals surface area contributed by atoms with Crippen LogP contribution in [0.4, 0.5) is 15.9 Å². The van der Waals surface area contributed by atoms with Gasteiger partial charge in [0.1, 0.15) is 29.2 Å². The molecule has 0 bridgehead atoms. The number of hydrogen-bond donors (Lipinski definition) is 2. The number of aromatic nitrogens is 5. The molecule has 0 radical (unpaired) electrons. The van der Waals surface area contributed by atoms with Crippen molar-refractivity contribution < 1.29 is 9.13 Å². The van der Waals surface area contributed by atoms with Crippen molar-refractivity contribution in [2.75, 3.05) is 11.9 Å². The van der Waals surface area contributed by atoms with Crippen LogP contribution in [0.5, 0.6) is 11.5 Å². The molecule has 0 unspecified atom stereocenters. The molecule has 5 aromatic rings. The van der Waals surface area contributed by atoms with Gasteiger partial charge in [-0.25, -0.2) is 24.3 Å². The van der Waals surface area contributed by atoms with Crippen LogP contribution in [0.1, 0.15) is 36.9 Å². The van der Waals surface area contributed by atoms with E-state index >= 15 is 4.39 Å². The van der Waals surface area contributed by atoms with Gasteiger partial charge < -0.3 is 19.9 Å². The van der Waals surface area contributed by atoms with Crippen LogP contribution in [0, 0.1) is 12.7 Å². The summed E-state index contributed by atoms with van der Waals surface area (Å²) in [6, 6.07) is 13.2. The van der Waals surface area contributed by atoms with Crippen molar-refractivity contribution in [1.29, 1.82) is 0 Å². The number of hydrogen-bond acceptors (Lipinski definition) is 7. The van der Waals surface area contributed by atoms with Crippen LogP contribution in [0.2, 0.25) is 0 Å². The number of benzene rings is 2. The molecule has 188 valence electrons. The van der Waals surface area contributed by atoms with Crippen molar-refractivity contribution in [3.8, 4) is 11.5 Å². The second-order valence-corrected chi connectivity index (χ2v) is 9.74. The summed E-state index contributed by atoms with van der Waals surface area (Å²) in [4.78, 5) is 18.0. The molecule has 8 nitrogen and oxygen atoms in total. The maximum Gasteiger partial charge on any atom is 0.160 e. The zero-order valence-corrected chi connectivity index (χ0v) is 21.0. The van der Waals surface area contributed by atoms with Gasteiger partial charge in [-0.05, 0) is 62.6 Å². The Morgan fingerprint density at radius 2 is 1.95 bits per heavy atom. The van der Waals surface area contributed by atoms with Crippen LogP contribution in [-0.4, -0.2) is 37.1 Å². The normalized spacial score (nSPS) is 17.8. The predicted octanol–water partition coefficient (Wildman–Crippen LogP) is 5.75. The molecular formula is C28H28FN7O. The first-order valence-corrected chi connectivity index (χ1v) is 12.5. The standard InChI is InChI=1S/C28H28FN7O/c1-16-10-23(20(29)12-26(16)37-19-6-9-25-24(11-19)33-15-36(25)3)35-28-27-22(31-14-32-28)8-7-21(34-27)18-5-4-17(2)30-13-18/h6-12,14-15,17-18,30H,4-5,13H2,1-3H3,(H,31,32,35)/t17-,18+/m1/s1. The van der Waals surface area contributed by atoms with Gasteiger partial charge in [0.15, 0.2) is 5.82 Å². The summed E-state index contributed by atoms with van der Waals surface area (Å²) in [5.41, 5.74) is 5.22. The molecule has 37 heavy (non-hydrogen) atoms. The molecule has 0 amide bonds. The second-order valence-electron chi connectivity index (χ2n) is 9.74. The highest BCUT2D eigenvalue weighted by atomic mass is 19.1. The predicted molar refractivity (Wildman–Crippen MR) is 142 cm³/mol. The molecule has 1 fully saturated rings. The summed E-state index contributed by atoms with van der Waals surface area (Å²) >= 11 is 0. The number of ether oxygens (including phenoxy) is 1. The number of piperidine rings is 1. The van der Waals surface area contributed by atoms with Gasteiger partial charge in [0.2, 0.25) is 0 Å². The third-order valence-electron chi connectivity index (χ3n) is 7.02. The van der Waals surface area contributed by atoms with Gasteiger partial charge in [-0.3, -0.25) is 0 Å². The van der Waals surface area contributed by atoms with E-state index in [0.29, 0.717) is 46.0 Å². The zero-order valence-electron chi connectivity index (χ0n) is 21.0. The van der Waals surface area contributed by atoms with Crippen molar-refractivity contribution in [2.24, 2.45) is 7.05 Å². The van der Waals surface area contributed by atoms with E-state index in [1.807, 2.05) is 48.9 Å². The fourth-order valence-corrected chi connectivity index (χ4v) is 4.83.